The van der Waals surface area contributed by atoms with Crippen LogP contribution in [0, 0.1) is 0 Å². The average Bonchev–Trinajstić information content (AvgIpc) is 3.12. The number of hydrogen-bond donors (Lipinski definition) is 1. The Labute approximate surface area is 133 Å². The van der Waals surface area contributed by atoms with Crippen molar-refractivity contribution in [1.29, 1.82) is 0 Å². The van der Waals surface area contributed by atoms with Gasteiger partial charge in [-0.15, -0.1) is 11.3 Å². The average molecular weight is 316 g/mol. The molecule has 1 N–H and O–H groups in total. The first-order valence-corrected chi connectivity index (χ1v) is 8.30. The van der Waals surface area contributed by atoms with Gasteiger partial charge in [0, 0.05) is 42.8 Å². The lowest BCUT2D eigenvalue weighted by atomic mass is 10.1. The van der Waals surface area contributed by atoms with Gasteiger partial charge in [0.2, 0.25) is 5.91 Å². The number of nitrogens with zero attached hydrogens (tertiary/aromatic N) is 3. The molecule has 0 aliphatic heterocycles. The van der Waals surface area contributed by atoms with Gasteiger partial charge in [-0.3, -0.25) is 9.20 Å². The predicted octanol–water partition coefficient (Wildman–Crippen LogP) is 2.41. The molecule has 1 amide bonds. The van der Waals surface area contributed by atoms with E-state index in [1.165, 1.54) is 5.69 Å². The molecule has 0 aromatic carbocycles. The van der Waals surface area contributed by atoms with E-state index in [0.29, 0.717) is 6.42 Å². The molecule has 0 aliphatic carbocycles. The number of fused-ring (bicyclic) bond motifs is 1. The number of carbonyl (C=O) groups excluding carboxylic acids is 1. The molecule has 1 atom stereocenters. The third-order valence-corrected chi connectivity index (χ3v) is 4.55. The van der Waals surface area contributed by atoms with Gasteiger partial charge in [-0.25, -0.2) is 4.98 Å². The van der Waals surface area contributed by atoms with Gasteiger partial charge >= 0.3 is 0 Å². The van der Waals surface area contributed by atoms with E-state index < -0.39 is 0 Å². The van der Waals surface area contributed by atoms with E-state index in [0.717, 1.165) is 23.5 Å². The summed E-state index contributed by atoms with van der Waals surface area (Å²) < 4.78 is 4.07. The van der Waals surface area contributed by atoms with Gasteiger partial charge in [0.05, 0.1) is 12.1 Å². The van der Waals surface area contributed by atoms with Gasteiger partial charge in [-0.05, 0) is 31.9 Å². The highest BCUT2D eigenvalue weighted by Crippen LogP contribution is 2.12. The van der Waals surface area contributed by atoms with Crippen LogP contribution in [0.4, 0.5) is 0 Å². The monoisotopic (exact) mass is 316 g/mol. The van der Waals surface area contributed by atoms with Crippen LogP contribution in [0.5, 0.6) is 0 Å². The molecule has 0 saturated carbocycles. The Morgan fingerprint density at radius 3 is 3.05 bits per heavy atom. The third-order valence-electron chi connectivity index (χ3n) is 3.78. The maximum Gasteiger partial charge on any atom is 0.226 e. The fourth-order valence-electron chi connectivity index (χ4n) is 2.54. The molecule has 0 spiro atoms. The van der Waals surface area contributed by atoms with Crippen molar-refractivity contribution >= 4 is 22.2 Å². The summed E-state index contributed by atoms with van der Waals surface area (Å²) in [5, 5.41) is 5.04. The second kappa shape index (κ2) is 6.36. The van der Waals surface area contributed by atoms with Crippen LogP contribution < -0.4 is 5.32 Å². The molecule has 3 aromatic rings. The number of amides is 1. The second-order valence-electron chi connectivity index (χ2n) is 5.62. The number of nitrogens with one attached hydrogen (secondary N) is 1. The number of rotatable bonds is 6. The van der Waals surface area contributed by atoms with Gasteiger partial charge in [-0.2, -0.15) is 0 Å². The van der Waals surface area contributed by atoms with Crippen LogP contribution in [0.1, 0.15) is 24.7 Å². The third kappa shape index (κ3) is 3.39. The number of thiazole rings is 1. The largest absolute Gasteiger partial charge is 0.354 e. The Bertz CT molecular complexity index is 741. The van der Waals surface area contributed by atoms with Crippen molar-refractivity contribution in [1.82, 2.24) is 19.3 Å². The minimum Gasteiger partial charge on any atom is -0.354 e. The van der Waals surface area contributed by atoms with Gasteiger partial charge in [0.1, 0.15) is 0 Å². The molecule has 0 bridgehead atoms. The smallest absolute Gasteiger partial charge is 0.226 e. The molecule has 3 rings (SSSR count). The minimum atomic E-state index is 0.0325. The molecule has 5 nitrogen and oxygen atoms in total. The number of carbonyl (C=O) groups is 1. The van der Waals surface area contributed by atoms with Gasteiger partial charge in [0.25, 0.3) is 0 Å². The second-order valence-corrected chi connectivity index (χ2v) is 6.49. The standard InChI is InChI=1S/C16H20N4OS/c1-12(5-6-14-4-3-7-19(14)2)17-15(21)10-13-11-20-8-9-22-16(20)18-13/h3-4,7-9,11-12H,5-6,10H2,1-2H3,(H,17,21)/t12-/m1/s1. The molecule has 0 fully saturated rings. The Morgan fingerprint density at radius 2 is 2.32 bits per heavy atom. The first-order valence-electron chi connectivity index (χ1n) is 7.42. The van der Waals surface area contributed by atoms with Gasteiger partial charge in [-0.1, -0.05) is 0 Å². The van der Waals surface area contributed by atoms with Crippen molar-refractivity contribution in [3.05, 3.63) is 47.5 Å². The summed E-state index contributed by atoms with van der Waals surface area (Å²) in [6.07, 6.45) is 8.15. The van der Waals surface area contributed by atoms with Crippen LogP contribution in [0.15, 0.2) is 36.1 Å². The lowest BCUT2D eigenvalue weighted by Crippen LogP contribution is -2.34. The summed E-state index contributed by atoms with van der Waals surface area (Å²) in [5.41, 5.74) is 2.11. The predicted molar refractivity (Wildman–Crippen MR) is 88.1 cm³/mol. The van der Waals surface area contributed by atoms with Crippen molar-refractivity contribution in [2.24, 2.45) is 7.05 Å². The van der Waals surface area contributed by atoms with E-state index in [1.54, 1.807) is 11.3 Å². The summed E-state index contributed by atoms with van der Waals surface area (Å²) in [5.74, 6) is 0.0325. The fourth-order valence-corrected chi connectivity index (χ4v) is 3.26. The molecular formula is C16H20N4OS. The van der Waals surface area contributed by atoms with E-state index in [9.17, 15) is 4.79 Å². The Balaban J connectivity index is 1.48. The van der Waals surface area contributed by atoms with Crippen LogP contribution in [-0.2, 0) is 24.7 Å². The van der Waals surface area contributed by atoms with Crippen LogP contribution >= 0.6 is 11.3 Å². The van der Waals surface area contributed by atoms with Gasteiger partial charge < -0.3 is 9.88 Å². The van der Waals surface area contributed by atoms with Crippen LogP contribution in [0.25, 0.3) is 4.96 Å². The van der Waals surface area contributed by atoms with E-state index >= 15 is 0 Å². The Morgan fingerprint density at radius 1 is 1.45 bits per heavy atom. The zero-order valence-corrected chi connectivity index (χ0v) is 13.6. The number of imidazole rings is 1. The number of aryl methyl sites for hydroxylation is 2. The molecule has 116 valence electrons. The van der Waals surface area contributed by atoms with Crippen LogP contribution in [-0.4, -0.2) is 25.9 Å². The van der Waals surface area contributed by atoms with E-state index in [2.05, 4.69) is 20.9 Å². The number of hydrogen-bond acceptors (Lipinski definition) is 3. The normalized spacial score (nSPS) is 12.6. The zero-order chi connectivity index (χ0) is 15.5. The van der Waals surface area contributed by atoms with Crippen molar-refractivity contribution in [3.8, 4) is 0 Å². The Kier molecular flexibility index (Phi) is 4.29. The molecule has 22 heavy (non-hydrogen) atoms. The SMILES string of the molecule is C[C@H](CCc1cccn1C)NC(=O)Cc1cn2ccsc2n1. The molecular weight excluding hydrogens is 296 g/mol. The molecule has 0 radical (unpaired) electrons. The fraction of sp³-hybridized carbons (Fsp3) is 0.375. The highest BCUT2D eigenvalue weighted by Gasteiger charge is 2.11. The highest BCUT2D eigenvalue weighted by molar-refractivity contribution is 7.15. The lowest BCUT2D eigenvalue weighted by Gasteiger charge is -2.13. The molecule has 0 unspecified atom stereocenters. The highest BCUT2D eigenvalue weighted by atomic mass is 32.1. The minimum absolute atomic E-state index is 0.0325. The van der Waals surface area contributed by atoms with E-state index in [-0.39, 0.29) is 11.9 Å². The molecule has 3 aromatic heterocycles. The summed E-state index contributed by atoms with van der Waals surface area (Å²) in [6, 6.07) is 4.32. The topological polar surface area (TPSA) is 51.3 Å². The summed E-state index contributed by atoms with van der Waals surface area (Å²) >= 11 is 1.57. The van der Waals surface area contributed by atoms with Crippen molar-refractivity contribution in [3.63, 3.8) is 0 Å². The maximum atomic E-state index is 12.1. The lowest BCUT2D eigenvalue weighted by molar-refractivity contribution is -0.121. The van der Waals surface area contributed by atoms with Crippen molar-refractivity contribution in [2.45, 2.75) is 32.2 Å². The summed E-state index contributed by atoms with van der Waals surface area (Å²) in [4.78, 5) is 17.5. The first-order chi connectivity index (χ1) is 10.6. The van der Waals surface area contributed by atoms with E-state index in [1.807, 2.05) is 48.4 Å². The van der Waals surface area contributed by atoms with Gasteiger partial charge in [0.15, 0.2) is 4.96 Å². The number of aromatic nitrogens is 3. The molecule has 6 heteroatoms. The molecule has 3 heterocycles. The quantitative estimate of drug-likeness (QED) is 0.759. The summed E-state index contributed by atoms with van der Waals surface area (Å²) in [7, 11) is 2.04. The maximum absolute atomic E-state index is 12.1. The van der Waals surface area contributed by atoms with Crippen LogP contribution in [0.2, 0.25) is 0 Å². The van der Waals surface area contributed by atoms with E-state index in [4.69, 9.17) is 0 Å². The Hall–Kier alpha value is -2.08. The van der Waals surface area contributed by atoms with Crippen molar-refractivity contribution < 1.29 is 4.79 Å². The first kappa shape index (κ1) is 14.8. The summed E-state index contributed by atoms with van der Waals surface area (Å²) in [6.45, 7) is 2.05. The van der Waals surface area contributed by atoms with Crippen molar-refractivity contribution in [2.75, 3.05) is 0 Å². The zero-order valence-electron chi connectivity index (χ0n) is 12.8. The molecule has 0 aliphatic rings. The molecule has 0 saturated heterocycles. The van der Waals surface area contributed by atoms with Crippen LogP contribution in [0.3, 0.4) is 0 Å².